The van der Waals surface area contributed by atoms with E-state index in [9.17, 15) is 18.3 Å². The number of nitrogens with zero attached hydrogens (tertiary/aromatic N) is 3. The van der Waals surface area contributed by atoms with Gasteiger partial charge in [-0.3, -0.25) is 9.36 Å². The number of unbranched alkanes of at least 4 members (excludes halogenated alkanes) is 1. The lowest BCUT2D eigenvalue weighted by Crippen LogP contribution is -2.25. The number of hydrogen-bond donors (Lipinski definition) is 1. The van der Waals surface area contributed by atoms with Crippen LogP contribution in [-0.4, -0.2) is 49.4 Å². The minimum atomic E-state index is -4.48. The molecule has 2 aromatic heterocycles. The molecule has 2 heterocycles. The van der Waals surface area contributed by atoms with E-state index in [0.717, 1.165) is 12.0 Å². The molecule has 0 aliphatic rings. The summed E-state index contributed by atoms with van der Waals surface area (Å²) in [7, 11) is -0.102. The average molecular weight is 552 g/mol. The smallest absolute Gasteiger partial charge is 0.296 e. The van der Waals surface area contributed by atoms with Gasteiger partial charge in [-0.25, -0.2) is 13.4 Å². The Morgan fingerprint density at radius 2 is 1.59 bits per heavy atom. The topological polar surface area (TPSA) is 130 Å². The van der Waals surface area contributed by atoms with Crippen LogP contribution in [0.3, 0.4) is 0 Å². The lowest BCUT2D eigenvalue weighted by Gasteiger charge is -2.21. The number of sulfone groups is 1. The van der Waals surface area contributed by atoms with E-state index in [1.807, 2.05) is 6.92 Å². The number of benzene rings is 2. The fraction of sp³-hybridized carbons (Fsp3) is 0.250. The third-order valence-corrected chi connectivity index (χ3v) is 7.98. The Kier molecular flexibility index (Phi) is 8.20. The zero-order valence-corrected chi connectivity index (χ0v) is 22.9. The first kappa shape index (κ1) is 27.6. The Hall–Kier alpha value is -4.38. The second kappa shape index (κ2) is 11.6. The van der Waals surface area contributed by atoms with Crippen molar-refractivity contribution in [1.29, 1.82) is 0 Å². The van der Waals surface area contributed by atoms with Gasteiger partial charge in [-0.05, 0) is 47.9 Å². The van der Waals surface area contributed by atoms with Crippen molar-refractivity contribution in [3.8, 4) is 40.1 Å². The van der Waals surface area contributed by atoms with E-state index in [2.05, 4.69) is 9.97 Å². The van der Waals surface area contributed by atoms with Crippen molar-refractivity contribution in [2.24, 2.45) is 0 Å². The molecular weight excluding hydrogens is 522 g/mol. The molecule has 11 heteroatoms. The minimum Gasteiger partial charge on any atom is -0.494 e. The van der Waals surface area contributed by atoms with Crippen LogP contribution in [0, 0.1) is 0 Å². The van der Waals surface area contributed by atoms with Crippen LogP contribution in [0.25, 0.3) is 16.8 Å². The number of pyridine rings is 1. The van der Waals surface area contributed by atoms with Gasteiger partial charge in [0, 0.05) is 18.7 Å². The lowest BCUT2D eigenvalue weighted by molar-refractivity contribution is 0.374. The molecule has 0 spiro atoms. The number of methoxy groups -OCH3 is 3. The third-order valence-electron chi connectivity index (χ3n) is 6.19. The van der Waals surface area contributed by atoms with Crippen LogP contribution in [0.4, 0.5) is 0 Å². The molecule has 0 aliphatic heterocycles. The van der Waals surface area contributed by atoms with Crippen molar-refractivity contribution < 1.29 is 27.7 Å². The lowest BCUT2D eigenvalue weighted by atomic mass is 10.1. The van der Waals surface area contributed by atoms with Gasteiger partial charge < -0.3 is 19.3 Å². The molecule has 0 amide bonds. The summed E-state index contributed by atoms with van der Waals surface area (Å²) in [4.78, 5) is 20.3. The van der Waals surface area contributed by atoms with E-state index in [1.54, 1.807) is 48.7 Å². The summed E-state index contributed by atoms with van der Waals surface area (Å²) < 4.78 is 44.8. The highest BCUT2D eigenvalue weighted by molar-refractivity contribution is 7.91. The molecule has 0 saturated carbocycles. The van der Waals surface area contributed by atoms with Gasteiger partial charge in [0.15, 0.2) is 4.90 Å². The van der Waals surface area contributed by atoms with Crippen LogP contribution in [0.1, 0.15) is 25.6 Å². The second-order valence-corrected chi connectivity index (χ2v) is 10.4. The number of aromatic hydroxyl groups is 1. The van der Waals surface area contributed by atoms with Crippen molar-refractivity contribution in [2.75, 3.05) is 21.3 Å². The van der Waals surface area contributed by atoms with Gasteiger partial charge in [0.1, 0.15) is 23.0 Å². The maximum atomic E-state index is 13.7. The molecule has 10 nitrogen and oxygen atoms in total. The van der Waals surface area contributed by atoms with E-state index in [0.29, 0.717) is 35.8 Å². The molecule has 204 valence electrons. The number of ether oxygens (including phenoxy) is 3. The van der Waals surface area contributed by atoms with E-state index < -0.39 is 26.2 Å². The Morgan fingerprint density at radius 1 is 0.923 bits per heavy atom. The summed E-state index contributed by atoms with van der Waals surface area (Å²) in [5.74, 6) is 0.423. The van der Waals surface area contributed by atoms with E-state index in [-0.39, 0.29) is 16.4 Å². The first-order valence-electron chi connectivity index (χ1n) is 12.2. The zero-order valence-electron chi connectivity index (χ0n) is 22.0. The summed E-state index contributed by atoms with van der Waals surface area (Å²) in [6.45, 7) is 1.97. The fourth-order valence-electron chi connectivity index (χ4n) is 4.21. The van der Waals surface area contributed by atoms with Crippen LogP contribution >= 0.6 is 0 Å². The SMILES string of the molecule is CCCCc1nc(=O)c(S(=O)(=O)c2ccc(-c3ccnc(OC)c3)cc2)c(O)n1-c1c(OC)cccc1OC. The molecule has 0 aliphatic carbocycles. The number of aromatic nitrogens is 3. The Morgan fingerprint density at radius 3 is 2.18 bits per heavy atom. The molecule has 0 unspecified atom stereocenters. The molecule has 0 atom stereocenters. The first-order valence-corrected chi connectivity index (χ1v) is 13.7. The Labute approximate surface area is 226 Å². The van der Waals surface area contributed by atoms with Gasteiger partial charge in [-0.15, -0.1) is 0 Å². The molecule has 39 heavy (non-hydrogen) atoms. The van der Waals surface area contributed by atoms with Crippen molar-refractivity contribution in [3.05, 3.63) is 77.0 Å². The van der Waals surface area contributed by atoms with Crippen molar-refractivity contribution in [3.63, 3.8) is 0 Å². The third kappa shape index (κ3) is 5.30. The maximum absolute atomic E-state index is 13.7. The number of hydrogen-bond acceptors (Lipinski definition) is 9. The summed E-state index contributed by atoms with van der Waals surface area (Å²) >= 11 is 0. The highest BCUT2D eigenvalue weighted by Crippen LogP contribution is 2.38. The Bertz CT molecular complexity index is 1630. The molecule has 0 radical (unpaired) electrons. The zero-order chi connectivity index (χ0) is 28.2. The molecule has 0 saturated heterocycles. The second-order valence-electron chi connectivity index (χ2n) is 8.55. The molecule has 4 rings (SSSR count). The normalized spacial score (nSPS) is 11.3. The number of rotatable bonds is 10. The summed E-state index contributed by atoms with van der Waals surface area (Å²) in [6.07, 6.45) is 3.33. The molecular formula is C28H29N3O7S. The minimum absolute atomic E-state index is 0.179. The average Bonchev–Trinajstić information content (AvgIpc) is 2.95. The van der Waals surface area contributed by atoms with Crippen LogP contribution < -0.4 is 19.8 Å². The molecule has 2 aromatic carbocycles. The first-order chi connectivity index (χ1) is 18.8. The van der Waals surface area contributed by atoms with Gasteiger partial charge in [0.25, 0.3) is 5.56 Å². The molecule has 1 N–H and O–H groups in total. The number of aryl methyl sites for hydroxylation is 1. The Balaban J connectivity index is 1.90. The largest absolute Gasteiger partial charge is 0.494 e. The highest BCUT2D eigenvalue weighted by Gasteiger charge is 2.31. The van der Waals surface area contributed by atoms with Gasteiger partial charge in [-0.2, -0.15) is 4.98 Å². The highest BCUT2D eigenvalue weighted by atomic mass is 32.2. The predicted octanol–water partition coefficient (Wildman–Crippen LogP) is 4.20. The number of para-hydroxylation sites is 1. The van der Waals surface area contributed by atoms with Gasteiger partial charge >= 0.3 is 0 Å². The monoisotopic (exact) mass is 551 g/mol. The van der Waals surface area contributed by atoms with E-state index in [4.69, 9.17) is 14.2 Å². The van der Waals surface area contributed by atoms with Gasteiger partial charge in [0.2, 0.25) is 21.6 Å². The quantitative estimate of drug-likeness (QED) is 0.308. The van der Waals surface area contributed by atoms with Crippen LogP contribution in [0.15, 0.2) is 75.4 Å². The van der Waals surface area contributed by atoms with E-state index >= 15 is 0 Å². The van der Waals surface area contributed by atoms with Crippen LogP contribution in [0.5, 0.6) is 23.3 Å². The summed E-state index contributed by atoms with van der Waals surface area (Å²) in [5, 5.41) is 11.4. The maximum Gasteiger partial charge on any atom is 0.296 e. The summed E-state index contributed by atoms with van der Waals surface area (Å²) in [5.41, 5.74) is 0.660. The molecule has 0 bridgehead atoms. The van der Waals surface area contributed by atoms with Crippen LogP contribution in [-0.2, 0) is 16.3 Å². The van der Waals surface area contributed by atoms with Crippen molar-refractivity contribution in [1.82, 2.24) is 14.5 Å². The molecule has 4 aromatic rings. The standard InChI is InChI=1S/C28H29N3O7S/c1-5-6-10-23-30-27(32)26(28(33)31(23)25-21(36-2)8-7-9-22(25)37-3)39(34,35)20-13-11-18(12-14-20)19-15-16-29-24(17-19)38-4/h7-9,11-17,33H,5-6,10H2,1-4H3. The van der Waals surface area contributed by atoms with Crippen molar-refractivity contribution in [2.45, 2.75) is 36.0 Å². The molecule has 0 fully saturated rings. The van der Waals surface area contributed by atoms with Crippen LogP contribution in [0.2, 0.25) is 0 Å². The van der Waals surface area contributed by atoms with Gasteiger partial charge in [-0.1, -0.05) is 31.5 Å². The van der Waals surface area contributed by atoms with E-state index in [1.165, 1.54) is 38.0 Å². The van der Waals surface area contributed by atoms with Crippen molar-refractivity contribution >= 4 is 9.84 Å². The van der Waals surface area contributed by atoms with Gasteiger partial charge in [0.05, 0.1) is 26.2 Å². The predicted molar refractivity (Wildman–Crippen MR) is 145 cm³/mol. The fourth-order valence-corrected chi connectivity index (χ4v) is 5.54. The summed E-state index contributed by atoms with van der Waals surface area (Å²) in [6, 6.07) is 14.4.